The van der Waals surface area contributed by atoms with Crippen LogP contribution < -0.4 is 0 Å². The molecule has 0 bridgehead atoms. The zero-order valence-electron chi connectivity index (χ0n) is 13.0. The van der Waals surface area contributed by atoms with Crippen LogP contribution in [0.15, 0.2) is 36.8 Å². The van der Waals surface area contributed by atoms with Crippen molar-refractivity contribution in [2.24, 2.45) is 0 Å². The molecule has 0 N–H and O–H groups in total. The number of hydrogen-bond donors (Lipinski definition) is 0. The summed E-state index contributed by atoms with van der Waals surface area (Å²) in [6.07, 6.45) is 5.75. The number of carbonyl (C=O) groups is 1. The second-order valence-electron chi connectivity index (χ2n) is 5.57. The Hall–Kier alpha value is -1.69. The first-order chi connectivity index (χ1) is 11.6. The quantitative estimate of drug-likeness (QED) is 0.833. The first-order valence-corrected chi connectivity index (χ1v) is 8.48. The third-order valence-electron chi connectivity index (χ3n) is 3.95. The molecule has 1 aromatic heterocycles. The lowest BCUT2D eigenvalue weighted by molar-refractivity contribution is -0.139. The minimum atomic E-state index is -0.186. The summed E-state index contributed by atoms with van der Waals surface area (Å²) in [6, 6.07) is 5.42. The van der Waals surface area contributed by atoms with E-state index in [1.54, 1.807) is 30.7 Å². The van der Waals surface area contributed by atoms with E-state index in [1.807, 2.05) is 11.0 Å². The molecule has 0 spiro atoms. The normalized spacial score (nSPS) is 17.8. The molecule has 3 rings (SSSR count). The minimum Gasteiger partial charge on any atom is -0.370 e. The van der Waals surface area contributed by atoms with Crippen LogP contribution in [0.1, 0.15) is 23.8 Å². The van der Waals surface area contributed by atoms with Crippen molar-refractivity contribution in [1.82, 2.24) is 14.9 Å². The summed E-state index contributed by atoms with van der Waals surface area (Å²) in [7, 11) is 0. The number of ether oxygens (including phenoxy) is 1. The van der Waals surface area contributed by atoms with Crippen molar-refractivity contribution in [1.29, 1.82) is 0 Å². The van der Waals surface area contributed by atoms with Crippen molar-refractivity contribution in [3.05, 3.63) is 58.1 Å². The van der Waals surface area contributed by atoms with Gasteiger partial charge in [-0.05, 0) is 24.1 Å². The highest BCUT2D eigenvalue weighted by atomic mass is 35.5. The number of carbonyl (C=O) groups excluding carboxylic acids is 1. The lowest BCUT2D eigenvalue weighted by atomic mass is 10.1. The van der Waals surface area contributed by atoms with Crippen LogP contribution >= 0.6 is 23.2 Å². The maximum absolute atomic E-state index is 12.4. The summed E-state index contributed by atoms with van der Waals surface area (Å²) in [5.74, 6) is 0.0917. The van der Waals surface area contributed by atoms with Crippen molar-refractivity contribution >= 4 is 29.1 Å². The van der Waals surface area contributed by atoms with E-state index >= 15 is 0 Å². The predicted molar refractivity (Wildman–Crippen MR) is 92.1 cm³/mol. The van der Waals surface area contributed by atoms with Crippen molar-refractivity contribution < 1.29 is 9.53 Å². The van der Waals surface area contributed by atoms with Gasteiger partial charge in [0.1, 0.15) is 6.10 Å². The Morgan fingerprint density at radius 3 is 2.92 bits per heavy atom. The SMILES string of the molecule is O=C(CCc1cnccn1)N1CCO[C@H](c2ccc(Cl)c(Cl)c2)C1. The van der Waals surface area contributed by atoms with E-state index in [0.29, 0.717) is 42.6 Å². The number of amides is 1. The first kappa shape index (κ1) is 17.1. The van der Waals surface area contributed by atoms with E-state index in [2.05, 4.69) is 9.97 Å². The molecule has 2 heterocycles. The summed E-state index contributed by atoms with van der Waals surface area (Å²) in [4.78, 5) is 22.5. The molecule has 0 saturated carbocycles. The zero-order chi connectivity index (χ0) is 16.9. The van der Waals surface area contributed by atoms with Crippen molar-refractivity contribution in [3.63, 3.8) is 0 Å². The number of benzene rings is 1. The van der Waals surface area contributed by atoms with Gasteiger partial charge in [-0.15, -0.1) is 0 Å². The van der Waals surface area contributed by atoms with Crippen LogP contribution in [0.2, 0.25) is 10.0 Å². The molecule has 1 aliphatic heterocycles. The highest BCUT2D eigenvalue weighted by molar-refractivity contribution is 6.42. The fourth-order valence-corrected chi connectivity index (χ4v) is 2.95. The number of morpholine rings is 1. The molecule has 24 heavy (non-hydrogen) atoms. The van der Waals surface area contributed by atoms with E-state index in [0.717, 1.165) is 11.3 Å². The van der Waals surface area contributed by atoms with Gasteiger partial charge in [0.2, 0.25) is 5.91 Å². The molecule has 1 saturated heterocycles. The molecule has 0 radical (unpaired) electrons. The topological polar surface area (TPSA) is 55.3 Å². The molecule has 1 fully saturated rings. The molecule has 126 valence electrons. The lowest BCUT2D eigenvalue weighted by Gasteiger charge is -2.33. The average molecular weight is 366 g/mol. The average Bonchev–Trinajstić information content (AvgIpc) is 2.63. The second-order valence-corrected chi connectivity index (χ2v) is 6.38. The van der Waals surface area contributed by atoms with Gasteiger partial charge in [-0.2, -0.15) is 0 Å². The highest BCUT2D eigenvalue weighted by Crippen LogP contribution is 2.29. The Kier molecular flexibility index (Phi) is 5.66. The standard InChI is InChI=1S/C17H17Cl2N3O2/c18-14-3-1-12(9-15(14)19)16-11-22(7-8-24-16)17(23)4-2-13-10-20-5-6-21-13/h1,3,5-6,9-10,16H,2,4,7-8,11H2/t16-/m0/s1. The summed E-state index contributed by atoms with van der Waals surface area (Å²) in [5, 5.41) is 0.997. The summed E-state index contributed by atoms with van der Waals surface area (Å²) >= 11 is 12.0. The Bertz CT molecular complexity index is 712. The van der Waals surface area contributed by atoms with Gasteiger partial charge in [0.05, 0.1) is 28.9 Å². The predicted octanol–water partition coefficient (Wildman–Crippen LogP) is 3.32. The molecular formula is C17H17Cl2N3O2. The minimum absolute atomic E-state index is 0.0917. The summed E-state index contributed by atoms with van der Waals surface area (Å²) in [6.45, 7) is 1.61. The maximum Gasteiger partial charge on any atom is 0.223 e. The molecule has 5 nitrogen and oxygen atoms in total. The number of aryl methyl sites for hydroxylation is 1. The monoisotopic (exact) mass is 365 g/mol. The fraction of sp³-hybridized carbons (Fsp3) is 0.353. The number of rotatable bonds is 4. The number of aromatic nitrogens is 2. The molecule has 7 heteroatoms. The summed E-state index contributed by atoms with van der Waals surface area (Å²) < 4.78 is 5.78. The molecule has 1 aromatic carbocycles. The third-order valence-corrected chi connectivity index (χ3v) is 4.69. The molecule has 0 aliphatic carbocycles. The first-order valence-electron chi connectivity index (χ1n) is 7.72. The number of hydrogen-bond acceptors (Lipinski definition) is 4. The van der Waals surface area contributed by atoms with E-state index in [-0.39, 0.29) is 12.0 Å². The van der Waals surface area contributed by atoms with Gasteiger partial charge in [0, 0.05) is 31.6 Å². The summed E-state index contributed by atoms with van der Waals surface area (Å²) in [5.41, 5.74) is 1.75. The molecule has 2 aromatic rings. The van der Waals surface area contributed by atoms with E-state index in [1.165, 1.54) is 0 Å². The van der Waals surface area contributed by atoms with Crippen LogP contribution in [-0.4, -0.2) is 40.5 Å². The van der Waals surface area contributed by atoms with E-state index in [4.69, 9.17) is 27.9 Å². The Labute approximate surface area is 150 Å². The fourth-order valence-electron chi connectivity index (χ4n) is 2.64. The zero-order valence-corrected chi connectivity index (χ0v) is 14.5. The van der Waals surface area contributed by atoms with Gasteiger partial charge >= 0.3 is 0 Å². The Morgan fingerprint density at radius 2 is 2.17 bits per heavy atom. The lowest BCUT2D eigenvalue weighted by Crippen LogP contribution is -2.42. The van der Waals surface area contributed by atoms with Gasteiger partial charge in [0.15, 0.2) is 0 Å². The van der Waals surface area contributed by atoms with E-state index < -0.39 is 0 Å². The van der Waals surface area contributed by atoms with Gasteiger partial charge < -0.3 is 9.64 Å². The van der Waals surface area contributed by atoms with Crippen molar-refractivity contribution in [3.8, 4) is 0 Å². The second kappa shape index (κ2) is 7.92. The van der Waals surface area contributed by atoms with Crippen molar-refractivity contribution in [2.45, 2.75) is 18.9 Å². The Balaban J connectivity index is 1.60. The van der Waals surface area contributed by atoms with Gasteiger partial charge in [-0.3, -0.25) is 14.8 Å². The van der Waals surface area contributed by atoms with Crippen molar-refractivity contribution in [2.75, 3.05) is 19.7 Å². The largest absolute Gasteiger partial charge is 0.370 e. The van der Waals surface area contributed by atoms with Crippen LogP contribution in [0.25, 0.3) is 0 Å². The smallest absolute Gasteiger partial charge is 0.223 e. The van der Waals surface area contributed by atoms with Gasteiger partial charge in [-0.25, -0.2) is 0 Å². The Morgan fingerprint density at radius 1 is 1.29 bits per heavy atom. The number of halogens is 2. The molecule has 1 aliphatic rings. The van der Waals surface area contributed by atoms with Crippen LogP contribution in [-0.2, 0) is 16.0 Å². The van der Waals surface area contributed by atoms with Crippen LogP contribution in [0.4, 0.5) is 0 Å². The maximum atomic E-state index is 12.4. The van der Waals surface area contributed by atoms with Crippen LogP contribution in [0.3, 0.4) is 0 Å². The molecular weight excluding hydrogens is 349 g/mol. The molecule has 0 unspecified atom stereocenters. The highest BCUT2D eigenvalue weighted by Gasteiger charge is 2.25. The molecule has 1 atom stereocenters. The van der Waals surface area contributed by atoms with Gasteiger partial charge in [-0.1, -0.05) is 29.3 Å². The molecule has 1 amide bonds. The third kappa shape index (κ3) is 4.23. The van der Waals surface area contributed by atoms with Crippen LogP contribution in [0, 0.1) is 0 Å². The number of nitrogens with zero attached hydrogens (tertiary/aromatic N) is 3. The van der Waals surface area contributed by atoms with Crippen LogP contribution in [0.5, 0.6) is 0 Å². The van der Waals surface area contributed by atoms with Gasteiger partial charge in [0.25, 0.3) is 0 Å². The van der Waals surface area contributed by atoms with E-state index in [9.17, 15) is 4.79 Å².